The molecule has 186 valence electrons. The van der Waals surface area contributed by atoms with E-state index in [2.05, 4.69) is 52.8 Å². The van der Waals surface area contributed by atoms with Crippen LogP contribution in [0.15, 0.2) is 65.7 Å². The summed E-state index contributed by atoms with van der Waals surface area (Å²) >= 11 is 0. The number of aromatic nitrogens is 1. The number of hydrogen-bond donors (Lipinski definition) is 2. The molecule has 0 spiro atoms. The van der Waals surface area contributed by atoms with Gasteiger partial charge in [-0.05, 0) is 78.4 Å². The molecule has 0 saturated heterocycles. The molecule has 1 unspecified atom stereocenters. The zero-order valence-electron chi connectivity index (χ0n) is 19.5. The van der Waals surface area contributed by atoms with Gasteiger partial charge in [0.15, 0.2) is 0 Å². The number of anilines is 1. The van der Waals surface area contributed by atoms with Crippen LogP contribution in [0.2, 0.25) is 0 Å². The quantitative estimate of drug-likeness (QED) is 0.454. The number of nitrogens with one attached hydrogen (secondary N) is 1. The summed E-state index contributed by atoms with van der Waals surface area (Å²) in [6.45, 7) is 2.04. The predicted octanol–water partition coefficient (Wildman–Crippen LogP) is 6.12. The molecule has 2 aliphatic rings. The van der Waals surface area contributed by atoms with Crippen LogP contribution >= 0.6 is 0 Å². The Hall–Kier alpha value is -2.71. The van der Waals surface area contributed by atoms with Crippen LogP contribution in [0.3, 0.4) is 0 Å². The van der Waals surface area contributed by atoms with Gasteiger partial charge in [-0.25, -0.2) is 4.98 Å². The first-order valence-corrected chi connectivity index (χ1v) is 13.1. The molecule has 1 aliphatic heterocycles. The van der Waals surface area contributed by atoms with Crippen molar-refractivity contribution in [3.05, 3.63) is 77.5 Å². The molecule has 0 bridgehead atoms. The fourth-order valence-electron chi connectivity index (χ4n) is 4.49. The summed E-state index contributed by atoms with van der Waals surface area (Å²) in [6, 6.07) is 17.2. The maximum Gasteiger partial charge on any atom is 0.417 e. The molecule has 5 rings (SSSR count). The van der Waals surface area contributed by atoms with Crippen LogP contribution in [0.25, 0.3) is 11.1 Å². The van der Waals surface area contributed by atoms with Crippen molar-refractivity contribution in [3.8, 4) is 11.1 Å². The molecule has 8 heteroatoms. The Morgan fingerprint density at radius 1 is 0.914 bits per heavy atom. The van der Waals surface area contributed by atoms with Crippen LogP contribution in [0.1, 0.15) is 48.8 Å². The number of alkyl halides is 3. The fraction of sp³-hybridized carbons (Fsp3) is 0.370. The van der Waals surface area contributed by atoms with Crippen molar-refractivity contribution in [3.63, 3.8) is 0 Å². The predicted molar refractivity (Wildman–Crippen MR) is 134 cm³/mol. The minimum absolute atomic E-state index is 0.0815. The van der Waals surface area contributed by atoms with Gasteiger partial charge >= 0.3 is 6.18 Å². The average Bonchev–Trinajstić information content (AvgIpc) is 2.89. The molecule has 0 amide bonds. The molecule has 1 fully saturated rings. The molecular weight excluding hydrogens is 471 g/mol. The van der Waals surface area contributed by atoms with Crippen molar-refractivity contribution < 1.29 is 17.4 Å². The molecular formula is C27H30F3N3OS. The van der Waals surface area contributed by atoms with Crippen molar-refractivity contribution in [2.75, 3.05) is 12.3 Å². The lowest BCUT2D eigenvalue weighted by atomic mass is 9.96. The van der Waals surface area contributed by atoms with Crippen molar-refractivity contribution in [1.82, 2.24) is 10.3 Å². The van der Waals surface area contributed by atoms with E-state index in [0.717, 1.165) is 49.4 Å². The SMILES string of the molecule is Nc1ccc(C(F)(F)F)cn1.O=S(c1ccc(-c2ccc3c(c2)CNCC3)cc1)C1CCCCC1. The highest BCUT2D eigenvalue weighted by Crippen LogP contribution is 2.29. The van der Waals surface area contributed by atoms with E-state index in [-0.39, 0.29) is 5.82 Å². The number of benzene rings is 2. The van der Waals surface area contributed by atoms with Crippen LogP contribution in [0.5, 0.6) is 0 Å². The Kier molecular flexibility index (Phi) is 8.23. The first-order chi connectivity index (χ1) is 16.8. The lowest BCUT2D eigenvalue weighted by molar-refractivity contribution is -0.137. The monoisotopic (exact) mass is 501 g/mol. The lowest BCUT2D eigenvalue weighted by Gasteiger charge is -2.21. The minimum atomic E-state index is -4.33. The Bertz CT molecular complexity index is 1140. The van der Waals surface area contributed by atoms with Gasteiger partial charge in [0, 0.05) is 22.9 Å². The van der Waals surface area contributed by atoms with Gasteiger partial charge in [0.2, 0.25) is 0 Å². The molecule has 3 aromatic rings. The number of nitrogen functional groups attached to an aromatic ring is 1. The van der Waals surface area contributed by atoms with Gasteiger partial charge in [0.05, 0.1) is 16.4 Å². The maximum absolute atomic E-state index is 12.7. The first kappa shape index (κ1) is 25.4. The Morgan fingerprint density at radius 3 is 2.29 bits per heavy atom. The topological polar surface area (TPSA) is 68.0 Å². The summed E-state index contributed by atoms with van der Waals surface area (Å²) in [5.74, 6) is 0.0815. The number of pyridine rings is 1. The van der Waals surface area contributed by atoms with Gasteiger partial charge < -0.3 is 11.1 Å². The summed E-state index contributed by atoms with van der Waals surface area (Å²) < 4.78 is 48.3. The third-order valence-electron chi connectivity index (χ3n) is 6.48. The van der Waals surface area contributed by atoms with E-state index in [4.69, 9.17) is 5.73 Å². The van der Waals surface area contributed by atoms with Gasteiger partial charge in [-0.2, -0.15) is 13.2 Å². The highest BCUT2D eigenvalue weighted by atomic mass is 32.2. The third kappa shape index (κ3) is 6.70. The second kappa shape index (κ2) is 11.4. The number of halogens is 3. The van der Waals surface area contributed by atoms with E-state index < -0.39 is 22.5 Å². The molecule has 1 saturated carbocycles. The number of hydrogen-bond acceptors (Lipinski definition) is 4. The Labute approximate surface area is 206 Å². The standard InChI is InChI=1S/C21H25NOS.C6H5F3N2/c23-24(20-4-2-1-3-5-20)21-10-8-16(9-11-21)18-7-6-17-12-13-22-15-19(17)14-18;7-6(8,9)4-1-2-5(10)11-3-4/h6-11,14,20,22H,1-5,12-13,15H2;1-3H,(H2,10,11). The van der Waals surface area contributed by atoms with Crippen molar-refractivity contribution in [2.24, 2.45) is 0 Å². The second-order valence-electron chi connectivity index (χ2n) is 8.96. The first-order valence-electron chi connectivity index (χ1n) is 11.9. The fourth-order valence-corrected chi connectivity index (χ4v) is 6.04. The van der Waals surface area contributed by atoms with Gasteiger partial charge in [-0.1, -0.05) is 43.5 Å². The van der Waals surface area contributed by atoms with E-state index in [0.29, 0.717) is 11.4 Å². The van der Waals surface area contributed by atoms with Gasteiger partial charge in [0.1, 0.15) is 5.82 Å². The van der Waals surface area contributed by atoms with Crippen LogP contribution in [-0.2, 0) is 29.9 Å². The van der Waals surface area contributed by atoms with Gasteiger partial charge in [0.25, 0.3) is 0 Å². The summed E-state index contributed by atoms with van der Waals surface area (Å²) in [7, 11) is -0.846. The molecule has 1 aromatic heterocycles. The van der Waals surface area contributed by atoms with E-state index in [1.54, 1.807) is 0 Å². The largest absolute Gasteiger partial charge is 0.417 e. The summed E-state index contributed by atoms with van der Waals surface area (Å²) in [4.78, 5) is 4.29. The summed E-state index contributed by atoms with van der Waals surface area (Å²) in [5, 5.41) is 3.80. The van der Waals surface area contributed by atoms with Gasteiger partial charge in [-0.3, -0.25) is 4.21 Å². The van der Waals surface area contributed by atoms with Crippen LogP contribution in [0, 0.1) is 0 Å². The maximum atomic E-state index is 12.7. The average molecular weight is 502 g/mol. The number of rotatable bonds is 3. The number of nitrogens with two attached hydrogens (primary N) is 1. The zero-order valence-corrected chi connectivity index (χ0v) is 20.3. The molecule has 0 radical (unpaired) electrons. The normalized spacial score (nSPS) is 17.1. The molecule has 35 heavy (non-hydrogen) atoms. The van der Waals surface area contributed by atoms with E-state index in [1.165, 1.54) is 41.5 Å². The molecule has 2 heterocycles. The Balaban J connectivity index is 0.000000221. The van der Waals surface area contributed by atoms with Crippen LogP contribution < -0.4 is 11.1 Å². The van der Waals surface area contributed by atoms with E-state index >= 15 is 0 Å². The van der Waals surface area contributed by atoms with Crippen molar-refractivity contribution in [2.45, 2.75) is 61.4 Å². The molecule has 2 aromatic carbocycles. The van der Waals surface area contributed by atoms with Crippen molar-refractivity contribution >= 4 is 16.6 Å². The number of nitrogens with zero attached hydrogens (tertiary/aromatic N) is 1. The molecule has 1 aliphatic carbocycles. The molecule has 4 nitrogen and oxygen atoms in total. The van der Waals surface area contributed by atoms with Crippen LogP contribution in [0.4, 0.5) is 19.0 Å². The van der Waals surface area contributed by atoms with Crippen molar-refractivity contribution in [1.29, 1.82) is 0 Å². The second-order valence-corrected chi connectivity index (χ2v) is 10.7. The van der Waals surface area contributed by atoms with E-state index in [9.17, 15) is 17.4 Å². The van der Waals surface area contributed by atoms with Crippen LogP contribution in [-0.4, -0.2) is 21.0 Å². The molecule has 1 atom stereocenters. The van der Waals surface area contributed by atoms with E-state index in [1.807, 2.05) is 0 Å². The Morgan fingerprint density at radius 2 is 1.63 bits per heavy atom. The number of fused-ring (bicyclic) bond motifs is 1. The highest BCUT2D eigenvalue weighted by molar-refractivity contribution is 7.85. The highest BCUT2D eigenvalue weighted by Gasteiger charge is 2.30. The van der Waals surface area contributed by atoms with Gasteiger partial charge in [-0.15, -0.1) is 0 Å². The molecule has 3 N–H and O–H groups in total. The third-order valence-corrected chi connectivity index (χ3v) is 8.30. The zero-order chi connectivity index (χ0) is 24.8. The smallest absolute Gasteiger partial charge is 0.384 e. The minimum Gasteiger partial charge on any atom is -0.384 e. The lowest BCUT2D eigenvalue weighted by Crippen LogP contribution is -2.23. The summed E-state index contributed by atoms with van der Waals surface area (Å²) in [6.07, 6.45) is 3.50. The summed E-state index contributed by atoms with van der Waals surface area (Å²) in [5.41, 5.74) is 9.65.